The summed E-state index contributed by atoms with van der Waals surface area (Å²) in [5.74, 6) is 1.62. The normalized spacial score (nSPS) is 21.4. The third-order valence-electron chi connectivity index (χ3n) is 4.04. The largest absolute Gasteiger partial charge is 0.378 e. The maximum absolute atomic E-state index is 11.8. The molecule has 106 valence electrons. The van der Waals surface area contributed by atoms with E-state index in [2.05, 4.69) is 13.8 Å². The van der Waals surface area contributed by atoms with E-state index in [4.69, 9.17) is 10.5 Å². The van der Waals surface area contributed by atoms with Crippen LogP contribution in [0.5, 0.6) is 0 Å². The van der Waals surface area contributed by atoms with Gasteiger partial charge in [-0.15, -0.1) is 0 Å². The van der Waals surface area contributed by atoms with E-state index in [0.717, 1.165) is 51.7 Å². The molecule has 1 rings (SSSR count). The lowest BCUT2D eigenvalue weighted by Gasteiger charge is -2.19. The van der Waals surface area contributed by atoms with Gasteiger partial charge in [-0.25, -0.2) is 0 Å². The van der Waals surface area contributed by atoms with Crippen LogP contribution in [0, 0.1) is 11.8 Å². The minimum absolute atomic E-state index is 0.346. The van der Waals surface area contributed by atoms with Gasteiger partial charge in [-0.05, 0) is 50.5 Å². The van der Waals surface area contributed by atoms with E-state index >= 15 is 0 Å². The Kier molecular flexibility index (Phi) is 7.52. The molecule has 18 heavy (non-hydrogen) atoms. The van der Waals surface area contributed by atoms with Gasteiger partial charge in [-0.2, -0.15) is 0 Å². The second-order valence-corrected chi connectivity index (χ2v) is 5.83. The number of Topliss-reactive ketones (excluding diaryl/α,β-unsaturated/α-hetero) is 1. The van der Waals surface area contributed by atoms with Crippen molar-refractivity contribution < 1.29 is 9.53 Å². The molecule has 2 N–H and O–H groups in total. The van der Waals surface area contributed by atoms with E-state index in [0.29, 0.717) is 30.1 Å². The molecule has 1 aliphatic heterocycles. The zero-order valence-corrected chi connectivity index (χ0v) is 12.0. The minimum atomic E-state index is 0.346. The van der Waals surface area contributed by atoms with Crippen LogP contribution in [0.15, 0.2) is 0 Å². The van der Waals surface area contributed by atoms with Crippen LogP contribution in [0.25, 0.3) is 0 Å². The summed E-state index contributed by atoms with van der Waals surface area (Å²) in [6.45, 7) is 6.05. The highest BCUT2D eigenvalue weighted by atomic mass is 16.5. The zero-order valence-electron chi connectivity index (χ0n) is 12.0. The van der Waals surface area contributed by atoms with Crippen LogP contribution in [-0.4, -0.2) is 25.0 Å². The second kappa shape index (κ2) is 8.65. The molecule has 3 nitrogen and oxygen atoms in total. The molecule has 3 heteroatoms. The Labute approximate surface area is 111 Å². The Morgan fingerprint density at radius 1 is 1.33 bits per heavy atom. The van der Waals surface area contributed by atoms with Crippen LogP contribution >= 0.6 is 0 Å². The van der Waals surface area contributed by atoms with E-state index in [-0.39, 0.29) is 0 Å². The molecular weight excluding hydrogens is 226 g/mol. The first kappa shape index (κ1) is 15.6. The topological polar surface area (TPSA) is 52.3 Å². The summed E-state index contributed by atoms with van der Waals surface area (Å²) in [6.07, 6.45) is 7.00. The number of ether oxygens (including phenoxy) is 1. The van der Waals surface area contributed by atoms with Gasteiger partial charge in [0.25, 0.3) is 0 Å². The van der Waals surface area contributed by atoms with E-state index in [1.165, 1.54) is 0 Å². The van der Waals surface area contributed by atoms with Crippen molar-refractivity contribution in [3.05, 3.63) is 0 Å². The Morgan fingerprint density at radius 3 is 2.67 bits per heavy atom. The molecule has 0 aliphatic carbocycles. The second-order valence-electron chi connectivity index (χ2n) is 5.83. The number of hydrogen-bond donors (Lipinski definition) is 1. The van der Waals surface area contributed by atoms with E-state index in [9.17, 15) is 4.79 Å². The van der Waals surface area contributed by atoms with Crippen molar-refractivity contribution in [1.82, 2.24) is 0 Å². The molecule has 0 aromatic carbocycles. The summed E-state index contributed by atoms with van der Waals surface area (Å²) in [4.78, 5) is 11.8. The number of rotatable bonds is 9. The lowest BCUT2D eigenvalue weighted by atomic mass is 9.87. The first-order valence-electron chi connectivity index (χ1n) is 7.46. The van der Waals surface area contributed by atoms with Crippen LogP contribution < -0.4 is 5.73 Å². The molecule has 1 aliphatic rings. The van der Waals surface area contributed by atoms with Crippen molar-refractivity contribution in [2.75, 3.05) is 13.2 Å². The van der Waals surface area contributed by atoms with Crippen molar-refractivity contribution in [3.63, 3.8) is 0 Å². The third-order valence-corrected chi connectivity index (χ3v) is 4.04. The molecule has 1 fully saturated rings. The Morgan fingerprint density at radius 2 is 2.11 bits per heavy atom. The summed E-state index contributed by atoms with van der Waals surface area (Å²) in [5.41, 5.74) is 5.61. The zero-order chi connectivity index (χ0) is 13.4. The molecule has 0 aromatic rings. The highest BCUT2D eigenvalue weighted by Crippen LogP contribution is 2.22. The average Bonchev–Trinajstić information content (AvgIpc) is 2.84. The Bertz CT molecular complexity index is 235. The maximum Gasteiger partial charge on any atom is 0.133 e. The van der Waals surface area contributed by atoms with Crippen molar-refractivity contribution in [3.8, 4) is 0 Å². The van der Waals surface area contributed by atoms with Gasteiger partial charge in [0.2, 0.25) is 0 Å². The minimum Gasteiger partial charge on any atom is -0.378 e. The molecule has 1 saturated heterocycles. The van der Waals surface area contributed by atoms with Gasteiger partial charge in [0.1, 0.15) is 5.78 Å². The fourth-order valence-corrected chi connectivity index (χ4v) is 2.69. The maximum atomic E-state index is 11.8. The van der Waals surface area contributed by atoms with Crippen LogP contribution in [-0.2, 0) is 9.53 Å². The van der Waals surface area contributed by atoms with Gasteiger partial charge in [0, 0.05) is 19.4 Å². The quantitative estimate of drug-likeness (QED) is 0.689. The summed E-state index contributed by atoms with van der Waals surface area (Å²) in [6, 6.07) is 0. The molecule has 1 heterocycles. The van der Waals surface area contributed by atoms with Crippen LogP contribution in [0.3, 0.4) is 0 Å². The number of carbonyl (C=O) groups excluding carboxylic acids is 1. The monoisotopic (exact) mass is 255 g/mol. The molecule has 0 saturated carbocycles. The van der Waals surface area contributed by atoms with Gasteiger partial charge in [-0.3, -0.25) is 4.79 Å². The van der Waals surface area contributed by atoms with E-state index in [1.54, 1.807) is 0 Å². The molecular formula is C15H29NO2. The fourth-order valence-electron chi connectivity index (χ4n) is 2.69. The summed E-state index contributed by atoms with van der Waals surface area (Å²) in [5, 5.41) is 0. The van der Waals surface area contributed by atoms with Crippen molar-refractivity contribution in [2.45, 2.75) is 64.9 Å². The smallest absolute Gasteiger partial charge is 0.133 e. The number of nitrogens with two attached hydrogens (primary N) is 1. The molecule has 0 amide bonds. The predicted octanol–water partition coefficient (Wildman–Crippen LogP) is 2.92. The van der Waals surface area contributed by atoms with Gasteiger partial charge in [0.05, 0.1) is 6.10 Å². The summed E-state index contributed by atoms with van der Waals surface area (Å²) < 4.78 is 5.54. The molecule has 0 spiro atoms. The van der Waals surface area contributed by atoms with Crippen molar-refractivity contribution >= 4 is 5.78 Å². The van der Waals surface area contributed by atoms with Gasteiger partial charge >= 0.3 is 0 Å². The lowest BCUT2D eigenvalue weighted by Crippen LogP contribution is -2.16. The Hall–Kier alpha value is -0.410. The molecule has 2 unspecified atom stereocenters. The average molecular weight is 255 g/mol. The summed E-state index contributed by atoms with van der Waals surface area (Å²) in [7, 11) is 0. The molecule has 0 aromatic heterocycles. The number of carbonyl (C=O) groups is 1. The fraction of sp³-hybridized carbons (Fsp3) is 0.933. The Balaban J connectivity index is 2.14. The molecule has 2 atom stereocenters. The predicted molar refractivity (Wildman–Crippen MR) is 74.4 cm³/mol. The highest BCUT2D eigenvalue weighted by Gasteiger charge is 2.18. The van der Waals surface area contributed by atoms with Crippen molar-refractivity contribution in [1.29, 1.82) is 0 Å². The van der Waals surface area contributed by atoms with Gasteiger partial charge in [0.15, 0.2) is 0 Å². The molecule has 0 bridgehead atoms. The van der Waals surface area contributed by atoms with Crippen molar-refractivity contribution in [2.24, 2.45) is 17.6 Å². The SMILES string of the molecule is CC(C)C(CCN)CCC(=O)CCC1CCCO1. The molecule has 0 radical (unpaired) electrons. The first-order chi connectivity index (χ1) is 8.63. The highest BCUT2D eigenvalue weighted by molar-refractivity contribution is 5.78. The van der Waals surface area contributed by atoms with E-state index < -0.39 is 0 Å². The third kappa shape index (κ3) is 5.96. The van der Waals surface area contributed by atoms with Crippen LogP contribution in [0.2, 0.25) is 0 Å². The number of hydrogen-bond acceptors (Lipinski definition) is 3. The standard InChI is InChI=1S/C15H29NO2/c1-12(2)13(9-10-16)5-6-14(17)7-8-15-4-3-11-18-15/h12-13,15H,3-11,16H2,1-2H3. The van der Waals surface area contributed by atoms with Gasteiger partial charge in [-0.1, -0.05) is 13.8 Å². The van der Waals surface area contributed by atoms with Gasteiger partial charge < -0.3 is 10.5 Å². The lowest BCUT2D eigenvalue weighted by molar-refractivity contribution is -0.120. The van der Waals surface area contributed by atoms with Crippen LogP contribution in [0.4, 0.5) is 0 Å². The first-order valence-corrected chi connectivity index (χ1v) is 7.46. The van der Waals surface area contributed by atoms with Crippen LogP contribution in [0.1, 0.15) is 58.8 Å². The summed E-state index contributed by atoms with van der Waals surface area (Å²) >= 11 is 0. The van der Waals surface area contributed by atoms with E-state index in [1.807, 2.05) is 0 Å². The number of ketones is 1.